The number of halogens is 1. The molecule has 5 heteroatoms. The van der Waals surface area contributed by atoms with Crippen molar-refractivity contribution >= 4 is 33.5 Å². The molecule has 1 N–H and O–H groups in total. The fraction of sp³-hybridized carbons (Fsp3) is 0. The summed E-state index contributed by atoms with van der Waals surface area (Å²) in [5, 5.41) is 2.36. The molecule has 2 aromatic rings. The maximum atomic E-state index is 10.8. The second-order valence-electron chi connectivity index (χ2n) is 2.87. The number of hydrogen-bond donors (Lipinski definition) is 1. The summed E-state index contributed by atoms with van der Waals surface area (Å²) >= 11 is 4.00. The Kier molecular flexibility index (Phi) is 4.77. The predicted octanol–water partition coefficient (Wildman–Crippen LogP) is 0.190. The van der Waals surface area contributed by atoms with Crippen LogP contribution >= 0.6 is 11.6 Å². The first kappa shape index (κ1) is 13.2. The van der Waals surface area contributed by atoms with E-state index in [4.69, 9.17) is 16.2 Å². The third-order valence-corrected chi connectivity index (χ3v) is 2.99. The maximum Gasteiger partial charge on any atom is 1.00 e. The molecular weight excluding hydrogens is 243 g/mol. The Morgan fingerprint density at radius 3 is 2.67 bits per heavy atom. The van der Waals surface area contributed by atoms with Gasteiger partial charge in [-0.2, -0.15) is 0 Å². The second-order valence-corrected chi connectivity index (χ2v) is 4.25. The SMILES string of the molecule is O=S(O)c1ccc2cccc(Cl)c2c1.[H-].[Na+]. The Morgan fingerprint density at radius 2 is 2.00 bits per heavy atom. The molecule has 0 aliphatic heterocycles. The molecule has 0 saturated carbocycles. The average Bonchev–Trinajstić information content (AvgIpc) is 2.18. The molecule has 0 aliphatic rings. The van der Waals surface area contributed by atoms with Gasteiger partial charge in [-0.3, -0.25) is 0 Å². The van der Waals surface area contributed by atoms with Crippen LogP contribution < -0.4 is 29.6 Å². The molecule has 0 radical (unpaired) electrons. The first-order valence-corrected chi connectivity index (χ1v) is 5.46. The molecule has 1 atom stereocenters. The molecule has 1 unspecified atom stereocenters. The molecule has 2 aromatic carbocycles. The minimum atomic E-state index is -1.95. The van der Waals surface area contributed by atoms with Gasteiger partial charge < -0.3 is 5.98 Å². The van der Waals surface area contributed by atoms with Crippen LogP contribution in [0.3, 0.4) is 0 Å². The number of rotatable bonds is 1. The molecule has 0 aliphatic carbocycles. The Hall–Kier alpha value is 0.1000. The first-order chi connectivity index (χ1) is 6.68. The van der Waals surface area contributed by atoms with Crippen LogP contribution in [0, 0.1) is 0 Å². The van der Waals surface area contributed by atoms with Crippen molar-refractivity contribution in [2.75, 3.05) is 0 Å². The zero-order chi connectivity index (χ0) is 10.1. The van der Waals surface area contributed by atoms with Crippen LogP contribution in [0.2, 0.25) is 5.02 Å². The van der Waals surface area contributed by atoms with Gasteiger partial charge in [-0.25, -0.2) is 4.21 Å². The van der Waals surface area contributed by atoms with Crippen LogP contribution in [0.4, 0.5) is 0 Å². The van der Waals surface area contributed by atoms with E-state index in [1.807, 2.05) is 12.1 Å². The van der Waals surface area contributed by atoms with E-state index in [-0.39, 0.29) is 31.0 Å². The molecule has 0 saturated heterocycles. The minimum Gasteiger partial charge on any atom is -1.00 e. The van der Waals surface area contributed by atoms with Crippen molar-refractivity contribution in [2.45, 2.75) is 4.90 Å². The number of fused-ring (bicyclic) bond motifs is 1. The van der Waals surface area contributed by atoms with Gasteiger partial charge in [-0.05, 0) is 23.6 Å². The molecule has 2 rings (SSSR count). The molecule has 0 bridgehead atoms. The summed E-state index contributed by atoms with van der Waals surface area (Å²) in [6.45, 7) is 0. The zero-order valence-corrected chi connectivity index (χ0v) is 11.7. The van der Waals surface area contributed by atoms with Crippen LogP contribution in [0.5, 0.6) is 0 Å². The topological polar surface area (TPSA) is 37.3 Å². The van der Waals surface area contributed by atoms with Gasteiger partial charge in [0.1, 0.15) is 0 Å². The van der Waals surface area contributed by atoms with Gasteiger partial charge in [0.25, 0.3) is 0 Å². The fourth-order valence-electron chi connectivity index (χ4n) is 1.32. The number of benzene rings is 2. The molecule has 0 spiro atoms. The van der Waals surface area contributed by atoms with E-state index in [9.17, 15) is 4.21 Å². The van der Waals surface area contributed by atoms with Crippen molar-refractivity contribution in [3.63, 3.8) is 0 Å². The summed E-state index contributed by atoms with van der Waals surface area (Å²) < 4.78 is 19.7. The molecule has 0 aromatic heterocycles. The van der Waals surface area contributed by atoms with Crippen LogP contribution in [-0.2, 0) is 11.1 Å². The minimum absolute atomic E-state index is 0. The van der Waals surface area contributed by atoms with Gasteiger partial charge >= 0.3 is 29.6 Å². The summed E-state index contributed by atoms with van der Waals surface area (Å²) in [6, 6.07) is 10.5. The monoisotopic (exact) mass is 250 g/mol. The predicted molar refractivity (Wildman–Crippen MR) is 59.1 cm³/mol. The van der Waals surface area contributed by atoms with E-state index in [1.165, 1.54) is 0 Å². The fourth-order valence-corrected chi connectivity index (χ4v) is 1.96. The van der Waals surface area contributed by atoms with Gasteiger partial charge in [0.2, 0.25) is 0 Å². The van der Waals surface area contributed by atoms with Gasteiger partial charge in [0, 0.05) is 10.4 Å². The molecule has 15 heavy (non-hydrogen) atoms. The van der Waals surface area contributed by atoms with Gasteiger partial charge in [-0.1, -0.05) is 29.8 Å². The third-order valence-electron chi connectivity index (χ3n) is 2.00. The van der Waals surface area contributed by atoms with Gasteiger partial charge in [-0.15, -0.1) is 0 Å². The molecule has 0 heterocycles. The van der Waals surface area contributed by atoms with E-state index in [0.29, 0.717) is 9.92 Å². The van der Waals surface area contributed by atoms with Crippen LogP contribution in [-0.4, -0.2) is 8.76 Å². The Bertz CT molecular complexity index is 521. The van der Waals surface area contributed by atoms with Crippen molar-refractivity contribution in [3.8, 4) is 0 Å². The Balaban J connectivity index is 0.00000112. The summed E-state index contributed by atoms with van der Waals surface area (Å²) in [7, 11) is 0. The van der Waals surface area contributed by atoms with Crippen LogP contribution in [0.15, 0.2) is 41.3 Å². The molecular formula is C10H8ClNaO2S. The summed E-state index contributed by atoms with van der Waals surface area (Å²) in [6.07, 6.45) is 0. The van der Waals surface area contributed by atoms with Crippen molar-refractivity contribution in [1.82, 2.24) is 0 Å². The normalized spacial score (nSPS) is 12.1. The van der Waals surface area contributed by atoms with Crippen molar-refractivity contribution in [3.05, 3.63) is 41.4 Å². The standard InChI is InChI=1S/C10H7ClO2S.Na.H/c11-10-3-1-2-7-4-5-8(14(12)13)6-9(7)10;;/h1-6H,(H,12,13);;/q;+1;-1. The van der Waals surface area contributed by atoms with Crippen molar-refractivity contribution in [1.29, 1.82) is 0 Å². The largest absolute Gasteiger partial charge is 1.00 e. The summed E-state index contributed by atoms with van der Waals surface area (Å²) in [5.74, 6) is 0. The molecule has 74 valence electrons. The quantitative estimate of drug-likeness (QED) is 0.580. The zero-order valence-electron chi connectivity index (χ0n) is 9.11. The molecule has 0 fully saturated rings. The van der Waals surface area contributed by atoms with Crippen molar-refractivity contribution < 1.29 is 39.7 Å². The van der Waals surface area contributed by atoms with E-state index in [0.717, 1.165) is 10.8 Å². The van der Waals surface area contributed by atoms with E-state index in [2.05, 4.69) is 0 Å². The summed E-state index contributed by atoms with van der Waals surface area (Å²) in [5.41, 5.74) is 0. The Morgan fingerprint density at radius 1 is 1.27 bits per heavy atom. The molecule has 2 nitrogen and oxygen atoms in total. The van der Waals surface area contributed by atoms with E-state index < -0.39 is 11.1 Å². The van der Waals surface area contributed by atoms with Crippen LogP contribution in [0.1, 0.15) is 1.43 Å². The van der Waals surface area contributed by atoms with Gasteiger partial charge in [0.05, 0.1) is 4.90 Å². The number of hydrogen-bond acceptors (Lipinski definition) is 1. The average molecular weight is 251 g/mol. The third kappa shape index (κ3) is 2.81. The Labute approximate surface area is 119 Å². The second kappa shape index (κ2) is 5.43. The molecule has 0 amide bonds. The van der Waals surface area contributed by atoms with Gasteiger partial charge in [0.15, 0.2) is 11.1 Å². The van der Waals surface area contributed by atoms with E-state index >= 15 is 0 Å². The summed E-state index contributed by atoms with van der Waals surface area (Å²) in [4.78, 5) is 0.366. The smallest absolute Gasteiger partial charge is 1.00 e. The van der Waals surface area contributed by atoms with E-state index in [1.54, 1.807) is 24.3 Å². The van der Waals surface area contributed by atoms with Crippen molar-refractivity contribution in [2.24, 2.45) is 0 Å². The maximum absolute atomic E-state index is 10.8. The van der Waals surface area contributed by atoms with Crippen LogP contribution in [0.25, 0.3) is 10.8 Å². The first-order valence-electron chi connectivity index (χ1n) is 3.97.